The summed E-state index contributed by atoms with van der Waals surface area (Å²) in [5, 5.41) is 15.8. The van der Waals surface area contributed by atoms with E-state index in [-0.39, 0.29) is 5.92 Å². The van der Waals surface area contributed by atoms with E-state index < -0.39 is 0 Å². The second kappa shape index (κ2) is 13.9. The molecule has 0 aromatic heterocycles. The van der Waals surface area contributed by atoms with Gasteiger partial charge in [0.05, 0.1) is 12.3 Å². The lowest BCUT2D eigenvalue weighted by molar-refractivity contribution is 0.484. The minimum atomic E-state index is 0.250. The van der Waals surface area contributed by atoms with Crippen molar-refractivity contribution in [3.8, 4) is 16.9 Å². The first-order valence-corrected chi connectivity index (χ1v) is 16.5. The summed E-state index contributed by atoms with van der Waals surface area (Å²) >= 11 is 0. The molecular formula is C39H39B4N3O. The number of nitrogens with two attached hydrogens (primary N) is 1. The van der Waals surface area contributed by atoms with E-state index in [1.165, 1.54) is 32.7 Å². The third-order valence-electron chi connectivity index (χ3n) is 9.62. The Bertz CT molecular complexity index is 2130. The van der Waals surface area contributed by atoms with Gasteiger partial charge in [-0.05, 0) is 75.3 Å². The highest BCUT2D eigenvalue weighted by atomic mass is 16.3. The Morgan fingerprint density at radius 2 is 1.45 bits per heavy atom. The van der Waals surface area contributed by atoms with E-state index in [2.05, 4.69) is 116 Å². The molecule has 0 saturated carbocycles. The predicted octanol–water partition coefficient (Wildman–Crippen LogP) is 1.67. The van der Waals surface area contributed by atoms with E-state index in [9.17, 15) is 5.11 Å². The summed E-state index contributed by atoms with van der Waals surface area (Å²) in [5.74, 6) is 1.25. The molecule has 0 spiro atoms. The maximum absolute atomic E-state index is 10.8. The van der Waals surface area contributed by atoms with Crippen molar-refractivity contribution in [1.29, 1.82) is 0 Å². The van der Waals surface area contributed by atoms with Gasteiger partial charge >= 0.3 is 0 Å². The first-order valence-electron chi connectivity index (χ1n) is 16.5. The Balaban J connectivity index is 1.55. The van der Waals surface area contributed by atoms with Gasteiger partial charge in [-0.3, -0.25) is 4.99 Å². The quantitative estimate of drug-likeness (QED) is 0.236. The summed E-state index contributed by atoms with van der Waals surface area (Å²) in [5.41, 5.74) is 16.1. The largest absolute Gasteiger partial charge is 0.509 e. The summed E-state index contributed by atoms with van der Waals surface area (Å²) in [6.45, 7) is 3.22. The average Bonchev–Trinajstić information content (AvgIpc) is 3.10. The molecule has 0 aliphatic carbocycles. The average molecular weight is 609 g/mol. The standard InChI is InChI=1S/C39H39B4N3O/c1-23(22-44)24-10-3-7-18-32(46-39(45-19-9-14-24)33-34(40)36(42)38(47)37(43)35(33)41)27-13-8-12-25(20-27)31-21-26-11-2-4-15-28(26)29-16-5-6-17-30(29)31/h2,4-18,20-21,23,47H,3,19,22,40-44H2,1H3/b14-9-,18-7+,24-10+,45-39-,46-32+/t23-/m1/s1. The second-order valence-electron chi connectivity index (χ2n) is 12.5. The number of amidine groups is 1. The molecule has 0 bridgehead atoms. The first kappa shape index (κ1) is 32.2. The van der Waals surface area contributed by atoms with Crippen molar-refractivity contribution >= 4 is 86.3 Å². The van der Waals surface area contributed by atoms with Gasteiger partial charge in [-0.25, -0.2) is 4.99 Å². The molecule has 0 amide bonds. The van der Waals surface area contributed by atoms with Crippen LogP contribution in [0.1, 0.15) is 24.5 Å². The van der Waals surface area contributed by atoms with Crippen LogP contribution >= 0.6 is 0 Å². The lowest BCUT2D eigenvalue weighted by Gasteiger charge is -2.19. The van der Waals surface area contributed by atoms with Crippen LogP contribution in [0.4, 0.5) is 0 Å². The second-order valence-corrected chi connectivity index (χ2v) is 12.5. The van der Waals surface area contributed by atoms with Gasteiger partial charge in [0.25, 0.3) is 0 Å². The molecule has 1 heterocycles. The van der Waals surface area contributed by atoms with Crippen LogP contribution in [0, 0.1) is 5.92 Å². The van der Waals surface area contributed by atoms with Gasteiger partial charge in [-0.15, -0.1) is 0 Å². The molecule has 1 aliphatic heterocycles. The van der Waals surface area contributed by atoms with E-state index in [1.54, 1.807) is 0 Å². The number of aliphatic imine (C=N–C) groups is 2. The highest BCUT2D eigenvalue weighted by Crippen LogP contribution is 2.35. The number of hydrogen-bond acceptors (Lipinski definition) is 4. The summed E-state index contributed by atoms with van der Waals surface area (Å²) in [6.07, 6.45) is 11.5. The maximum atomic E-state index is 10.8. The minimum absolute atomic E-state index is 0.250. The first-order chi connectivity index (χ1) is 22.8. The van der Waals surface area contributed by atoms with Crippen molar-refractivity contribution in [2.75, 3.05) is 13.1 Å². The SMILES string of the molecule is Bc1c(B)c(C2=N/C/C=C\C([C@H](C)CN)=C/C/C=C/C(c3cccc(-c4cc5ccccc5c5ccccc45)c3)=N\2)c(B)c(B)c1O. The zero-order chi connectivity index (χ0) is 33.1. The van der Waals surface area contributed by atoms with Crippen LogP contribution in [0.15, 0.2) is 125 Å². The van der Waals surface area contributed by atoms with Crippen molar-refractivity contribution < 1.29 is 5.11 Å². The van der Waals surface area contributed by atoms with Crippen molar-refractivity contribution in [2.45, 2.75) is 13.3 Å². The lowest BCUT2D eigenvalue weighted by atomic mass is 9.66. The molecule has 228 valence electrons. The highest BCUT2D eigenvalue weighted by Gasteiger charge is 2.18. The third kappa shape index (κ3) is 6.43. The summed E-state index contributed by atoms with van der Waals surface area (Å²) in [4.78, 5) is 10.4. The molecule has 0 unspecified atom stereocenters. The predicted molar refractivity (Wildman–Crippen MR) is 215 cm³/mol. The summed E-state index contributed by atoms with van der Waals surface area (Å²) < 4.78 is 0. The topological polar surface area (TPSA) is 71.0 Å². The van der Waals surface area contributed by atoms with Gasteiger partial charge < -0.3 is 10.8 Å². The Morgan fingerprint density at radius 1 is 0.766 bits per heavy atom. The maximum Gasteiger partial charge on any atom is 0.154 e. The van der Waals surface area contributed by atoms with Gasteiger partial charge in [0, 0.05) is 11.1 Å². The van der Waals surface area contributed by atoms with Crippen LogP contribution < -0.4 is 27.6 Å². The minimum Gasteiger partial charge on any atom is -0.509 e. The molecule has 1 aliphatic rings. The summed E-state index contributed by atoms with van der Waals surface area (Å²) in [6, 6.07) is 28.2. The normalized spacial score (nSPS) is 19.3. The molecule has 0 saturated heterocycles. The fourth-order valence-corrected chi connectivity index (χ4v) is 6.53. The van der Waals surface area contributed by atoms with Crippen LogP contribution in [0.2, 0.25) is 0 Å². The molecule has 47 heavy (non-hydrogen) atoms. The van der Waals surface area contributed by atoms with Crippen molar-refractivity contribution in [3.05, 3.63) is 126 Å². The molecular weight excluding hydrogens is 570 g/mol. The molecule has 0 fully saturated rings. The van der Waals surface area contributed by atoms with E-state index >= 15 is 0 Å². The van der Waals surface area contributed by atoms with Crippen molar-refractivity contribution in [3.63, 3.8) is 0 Å². The van der Waals surface area contributed by atoms with E-state index in [0.29, 0.717) is 24.7 Å². The molecule has 5 aromatic carbocycles. The van der Waals surface area contributed by atoms with Crippen molar-refractivity contribution in [2.24, 2.45) is 21.6 Å². The molecule has 8 heteroatoms. The molecule has 4 nitrogen and oxygen atoms in total. The molecule has 1 atom stereocenters. The third-order valence-corrected chi connectivity index (χ3v) is 9.62. The van der Waals surface area contributed by atoms with E-state index in [0.717, 1.165) is 50.7 Å². The smallest absolute Gasteiger partial charge is 0.154 e. The number of allylic oxidation sites excluding steroid dienone is 4. The highest BCUT2D eigenvalue weighted by molar-refractivity contribution is 6.61. The van der Waals surface area contributed by atoms with Crippen LogP contribution in [0.5, 0.6) is 5.75 Å². The molecule has 0 radical (unpaired) electrons. The van der Waals surface area contributed by atoms with Crippen molar-refractivity contribution in [1.82, 2.24) is 0 Å². The van der Waals surface area contributed by atoms with Gasteiger partial charge in [-0.2, -0.15) is 0 Å². The Hall–Kier alpha value is -4.80. The number of fused-ring (bicyclic) bond motifs is 3. The zero-order valence-corrected chi connectivity index (χ0v) is 28.0. The number of benzene rings is 5. The fraction of sp³-hybridized carbons (Fsp3) is 0.128. The van der Waals surface area contributed by atoms with Crippen LogP contribution in [-0.2, 0) is 0 Å². The Morgan fingerprint density at radius 3 is 2.19 bits per heavy atom. The zero-order valence-electron chi connectivity index (χ0n) is 28.0. The van der Waals surface area contributed by atoms with E-state index in [1.807, 2.05) is 31.4 Å². The van der Waals surface area contributed by atoms with Gasteiger partial charge in [-0.1, -0.05) is 120 Å². The number of nitrogens with zero attached hydrogens (tertiary/aromatic N) is 2. The number of hydrogen-bond donors (Lipinski definition) is 2. The van der Waals surface area contributed by atoms with Gasteiger partial charge in [0.15, 0.2) is 5.84 Å². The number of aromatic hydroxyl groups is 1. The van der Waals surface area contributed by atoms with Crippen LogP contribution in [0.3, 0.4) is 0 Å². The van der Waals surface area contributed by atoms with Crippen LogP contribution in [-0.4, -0.2) is 61.1 Å². The Kier molecular flexibility index (Phi) is 9.51. The Labute approximate surface area is 281 Å². The molecule has 6 rings (SSSR count). The fourth-order valence-electron chi connectivity index (χ4n) is 6.53. The van der Waals surface area contributed by atoms with Crippen LogP contribution in [0.25, 0.3) is 32.7 Å². The van der Waals surface area contributed by atoms with Gasteiger partial charge in [0.1, 0.15) is 37.1 Å². The van der Waals surface area contributed by atoms with E-state index in [4.69, 9.17) is 15.7 Å². The molecule has 5 aromatic rings. The molecule has 3 N–H and O–H groups in total. The number of rotatable bonds is 5. The monoisotopic (exact) mass is 609 g/mol. The number of phenolic OH excluding ortho intramolecular Hbond substituents is 1. The lowest BCUT2D eigenvalue weighted by Crippen LogP contribution is -2.45. The summed E-state index contributed by atoms with van der Waals surface area (Å²) in [7, 11) is 8.02. The van der Waals surface area contributed by atoms with Gasteiger partial charge in [0.2, 0.25) is 0 Å². The number of phenols is 1.